The molecule has 0 atom stereocenters. The maximum Gasteiger partial charge on any atom is 0.267 e. The second-order valence-electron chi connectivity index (χ2n) is 4.68. The van der Waals surface area contributed by atoms with E-state index in [-0.39, 0.29) is 16.9 Å². The molecule has 1 aromatic heterocycles. The first-order valence-electron chi connectivity index (χ1n) is 7.14. The highest BCUT2D eigenvalue weighted by Gasteiger charge is 2.13. The predicted molar refractivity (Wildman–Crippen MR) is 98.7 cm³/mol. The number of methoxy groups -OCH3 is 1. The molecular weight excluding hydrogens is 346 g/mol. The van der Waals surface area contributed by atoms with E-state index >= 15 is 0 Å². The van der Waals surface area contributed by atoms with Crippen molar-refractivity contribution in [2.45, 2.75) is 0 Å². The van der Waals surface area contributed by atoms with Crippen LogP contribution in [0.2, 0.25) is 0 Å². The molecule has 24 heavy (non-hydrogen) atoms. The average Bonchev–Trinajstić information content (AvgIpc) is 3.10. The Morgan fingerprint density at radius 3 is 2.67 bits per heavy atom. The van der Waals surface area contributed by atoms with Gasteiger partial charge >= 0.3 is 0 Å². The second kappa shape index (κ2) is 9.11. The van der Waals surface area contributed by atoms with E-state index in [1.807, 2.05) is 5.38 Å². The van der Waals surface area contributed by atoms with E-state index in [2.05, 4.69) is 16.0 Å². The van der Waals surface area contributed by atoms with Gasteiger partial charge in [0.2, 0.25) is 0 Å². The Morgan fingerprint density at radius 2 is 1.96 bits per heavy atom. The molecule has 0 aliphatic heterocycles. The van der Waals surface area contributed by atoms with E-state index in [0.29, 0.717) is 29.3 Å². The highest BCUT2D eigenvalue weighted by atomic mass is 32.1. The van der Waals surface area contributed by atoms with Crippen LogP contribution >= 0.6 is 23.6 Å². The lowest BCUT2D eigenvalue weighted by Gasteiger charge is -2.13. The Labute approximate surface area is 149 Å². The Kier molecular flexibility index (Phi) is 6.86. The first-order chi connectivity index (χ1) is 11.6. The maximum absolute atomic E-state index is 12.2. The lowest BCUT2D eigenvalue weighted by Crippen LogP contribution is -2.34. The number of para-hydroxylation sites is 1. The molecule has 0 bridgehead atoms. The number of hydrogen-bond donors (Lipinski definition) is 3. The van der Waals surface area contributed by atoms with Crippen molar-refractivity contribution in [2.75, 3.05) is 25.6 Å². The van der Waals surface area contributed by atoms with Gasteiger partial charge < -0.3 is 15.4 Å². The van der Waals surface area contributed by atoms with Crippen LogP contribution in [0.5, 0.6) is 0 Å². The molecule has 1 aromatic carbocycles. The number of anilines is 1. The summed E-state index contributed by atoms with van der Waals surface area (Å²) in [5, 5.41) is 10.2. The predicted octanol–water partition coefficient (Wildman–Crippen LogP) is 2.25. The largest absolute Gasteiger partial charge is 0.383 e. The Balaban J connectivity index is 2.00. The van der Waals surface area contributed by atoms with Crippen molar-refractivity contribution in [2.24, 2.45) is 0 Å². The molecule has 2 aromatic rings. The van der Waals surface area contributed by atoms with Crippen LogP contribution in [-0.4, -0.2) is 37.2 Å². The highest BCUT2D eigenvalue weighted by molar-refractivity contribution is 7.80. The molecule has 0 aliphatic carbocycles. The topological polar surface area (TPSA) is 79.5 Å². The van der Waals surface area contributed by atoms with Gasteiger partial charge in [0.15, 0.2) is 5.11 Å². The standard InChI is InChI=1S/C16H17N3O3S2/c1-22-9-8-17-14(20)11-5-2-3-6-12(11)18-16(23)19-15(21)13-7-4-10-24-13/h2-7,10H,8-9H2,1H3,(H,17,20)(H2,18,19,21,23). The number of nitrogens with one attached hydrogen (secondary N) is 3. The third kappa shape index (κ3) is 5.12. The van der Waals surface area contributed by atoms with Gasteiger partial charge in [-0.3, -0.25) is 14.9 Å². The monoisotopic (exact) mass is 363 g/mol. The van der Waals surface area contributed by atoms with Crippen molar-refractivity contribution >= 4 is 46.2 Å². The van der Waals surface area contributed by atoms with Gasteiger partial charge in [-0.05, 0) is 35.8 Å². The summed E-state index contributed by atoms with van der Waals surface area (Å²) in [7, 11) is 1.57. The maximum atomic E-state index is 12.2. The Bertz CT molecular complexity index is 717. The van der Waals surface area contributed by atoms with Crippen molar-refractivity contribution < 1.29 is 14.3 Å². The van der Waals surface area contributed by atoms with Crippen molar-refractivity contribution in [3.8, 4) is 0 Å². The van der Waals surface area contributed by atoms with Crippen molar-refractivity contribution in [1.82, 2.24) is 10.6 Å². The van der Waals surface area contributed by atoms with E-state index in [4.69, 9.17) is 17.0 Å². The fourth-order valence-corrected chi connectivity index (χ4v) is 2.70. The third-order valence-corrected chi connectivity index (χ3v) is 4.06. The summed E-state index contributed by atoms with van der Waals surface area (Å²) < 4.78 is 4.90. The molecule has 2 amide bonds. The zero-order valence-corrected chi connectivity index (χ0v) is 14.6. The summed E-state index contributed by atoms with van der Waals surface area (Å²) in [5.41, 5.74) is 0.949. The van der Waals surface area contributed by atoms with E-state index in [0.717, 1.165) is 0 Å². The minimum Gasteiger partial charge on any atom is -0.383 e. The normalized spacial score (nSPS) is 10.0. The molecule has 3 N–H and O–H groups in total. The molecule has 0 saturated heterocycles. The zero-order chi connectivity index (χ0) is 17.4. The van der Waals surface area contributed by atoms with Gasteiger partial charge in [-0.2, -0.15) is 0 Å². The van der Waals surface area contributed by atoms with Crippen LogP contribution in [0.15, 0.2) is 41.8 Å². The SMILES string of the molecule is COCCNC(=O)c1ccccc1NC(=S)NC(=O)c1cccs1. The molecule has 0 fully saturated rings. The Morgan fingerprint density at radius 1 is 1.17 bits per heavy atom. The molecule has 0 saturated carbocycles. The number of amides is 2. The van der Waals surface area contributed by atoms with Gasteiger partial charge in [-0.15, -0.1) is 11.3 Å². The minimum atomic E-state index is -0.287. The van der Waals surface area contributed by atoms with Crippen molar-refractivity contribution in [3.05, 3.63) is 52.2 Å². The van der Waals surface area contributed by atoms with Gasteiger partial charge in [0.05, 0.1) is 22.7 Å². The summed E-state index contributed by atoms with van der Waals surface area (Å²) in [5.74, 6) is -0.535. The molecule has 0 aliphatic rings. The molecule has 0 radical (unpaired) electrons. The number of rotatable bonds is 6. The molecule has 8 heteroatoms. The minimum absolute atomic E-state index is 0.130. The second-order valence-corrected chi connectivity index (χ2v) is 6.04. The van der Waals surface area contributed by atoms with E-state index in [1.165, 1.54) is 11.3 Å². The van der Waals surface area contributed by atoms with Gasteiger partial charge in [0.25, 0.3) is 11.8 Å². The smallest absolute Gasteiger partial charge is 0.267 e. The summed E-state index contributed by atoms with van der Waals surface area (Å²) in [6.45, 7) is 0.833. The molecule has 1 heterocycles. The third-order valence-electron chi connectivity index (χ3n) is 2.98. The fourth-order valence-electron chi connectivity index (χ4n) is 1.88. The number of benzene rings is 1. The molecule has 6 nitrogen and oxygen atoms in total. The summed E-state index contributed by atoms with van der Waals surface area (Å²) in [6, 6.07) is 10.4. The van der Waals surface area contributed by atoms with Crippen LogP contribution < -0.4 is 16.0 Å². The molecule has 126 valence electrons. The van der Waals surface area contributed by atoms with E-state index in [9.17, 15) is 9.59 Å². The number of carbonyl (C=O) groups is 2. The lowest BCUT2D eigenvalue weighted by molar-refractivity contribution is 0.0937. The number of thiophene rings is 1. The summed E-state index contributed by atoms with van der Waals surface area (Å²) >= 11 is 6.47. The summed E-state index contributed by atoms with van der Waals surface area (Å²) in [4.78, 5) is 24.7. The van der Waals surface area contributed by atoms with Crippen LogP contribution in [0, 0.1) is 0 Å². The van der Waals surface area contributed by atoms with Crippen LogP contribution in [0.1, 0.15) is 20.0 Å². The van der Waals surface area contributed by atoms with Crippen molar-refractivity contribution in [1.29, 1.82) is 0 Å². The summed E-state index contributed by atoms with van der Waals surface area (Å²) in [6.07, 6.45) is 0. The molecular formula is C16H17N3O3S2. The van der Waals surface area contributed by atoms with Crippen LogP contribution in [0.3, 0.4) is 0 Å². The van der Waals surface area contributed by atoms with E-state index < -0.39 is 0 Å². The molecule has 0 unspecified atom stereocenters. The molecule has 0 spiro atoms. The zero-order valence-electron chi connectivity index (χ0n) is 13.0. The average molecular weight is 363 g/mol. The van der Waals surface area contributed by atoms with Gasteiger partial charge in [-0.25, -0.2) is 0 Å². The van der Waals surface area contributed by atoms with Gasteiger partial charge in [0, 0.05) is 13.7 Å². The van der Waals surface area contributed by atoms with Crippen LogP contribution in [-0.2, 0) is 4.74 Å². The number of hydrogen-bond acceptors (Lipinski definition) is 5. The van der Waals surface area contributed by atoms with Crippen LogP contribution in [0.4, 0.5) is 5.69 Å². The van der Waals surface area contributed by atoms with E-state index in [1.54, 1.807) is 43.5 Å². The fraction of sp³-hybridized carbons (Fsp3) is 0.188. The van der Waals surface area contributed by atoms with Gasteiger partial charge in [-0.1, -0.05) is 18.2 Å². The van der Waals surface area contributed by atoms with Crippen LogP contribution in [0.25, 0.3) is 0 Å². The number of carbonyl (C=O) groups excluding carboxylic acids is 2. The highest BCUT2D eigenvalue weighted by Crippen LogP contribution is 2.15. The number of thiocarbonyl (C=S) groups is 1. The van der Waals surface area contributed by atoms with Gasteiger partial charge in [0.1, 0.15) is 0 Å². The Hall–Kier alpha value is -2.29. The van der Waals surface area contributed by atoms with Crippen molar-refractivity contribution in [3.63, 3.8) is 0 Å². The lowest BCUT2D eigenvalue weighted by atomic mass is 10.1. The molecule has 2 rings (SSSR count). The first kappa shape index (κ1) is 18.1. The number of ether oxygens (including phenoxy) is 1. The first-order valence-corrected chi connectivity index (χ1v) is 8.42. The quantitative estimate of drug-likeness (QED) is 0.542.